The van der Waals surface area contributed by atoms with Crippen LogP contribution in [0.2, 0.25) is 10.0 Å². The summed E-state index contributed by atoms with van der Waals surface area (Å²) in [5.74, 6) is -1.68. The highest BCUT2D eigenvalue weighted by molar-refractivity contribution is 6.39. The number of halogens is 2. The molecular formula is C23H20Cl2N4O4. The van der Waals surface area contributed by atoms with Gasteiger partial charge in [-0.3, -0.25) is 4.79 Å². The number of rotatable bonds is 7. The number of anilines is 1. The SMILES string of the molecule is NC(=O)N(Cc1ccccc1NC(=O)/C=C/c1c(C(=O)O)[nH]c2cc(Cl)cc(Cl)c12)C1CC1. The second kappa shape index (κ2) is 9.17. The number of carboxylic acids is 1. The molecule has 1 heterocycles. The molecule has 170 valence electrons. The van der Waals surface area contributed by atoms with Crippen molar-refractivity contribution in [3.63, 3.8) is 0 Å². The number of aromatic amines is 1. The molecule has 0 aliphatic heterocycles. The van der Waals surface area contributed by atoms with E-state index in [9.17, 15) is 19.5 Å². The Labute approximate surface area is 199 Å². The van der Waals surface area contributed by atoms with E-state index in [0.717, 1.165) is 18.4 Å². The van der Waals surface area contributed by atoms with Crippen molar-refractivity contribution in [2.45, 2.75) is 25.4 Å². The van der Waals surface area contributed by atoms with Crippen molar-refractivity contribution >= 4 is 63.8 Å². The van der Waals surface area contributed by atoms with Crippen LogP contribution in [-0.2, 0) is 11.3 Å². The quantitative estimate of drug-likeness (QED) is 0.355. The van der Waals surface area contributed by atoms with Gasteiger partial charge in [0.1, 0.15) is 5.69 Å². The van der Waals surface area contributed by atoms with E-state index in [4.69, 9.17) is 28.9 Å². The molecule has 1 saturated carbocycles. The summed E-state index contributed by atoms with van der Waals surface area (Å²) in [6.07, 6.45) is 4.43. The van der Waals surface area contributed by atoms with Crippen LogP contribution in [0.3, 0.4) is 0 Å². The van der Waals surface area contributed by atoms with Crippen LogP contribution in [-0.4, -0.2) is 38.9 Å². The molecule has 0 unspecified atom stereocenters. The summed E-state index contributed by atoms with van der Waals surface area (Å²) in [7, 11) is 0. The van der Waals surface area contributed by atoms with Gasteiger partial charge in [0.05, 0.1) is 5.02 Å². The smallest absolute Gasteiger partial charge is 0.352 e. The number of carbonyl (C=O) groups is 3. The van der Waals surface area contributed by atoms with Crippen LogP contribution in [0, 0.1) is 0 Å². The summed E-state index contributed by atoms with van der Waals surface area (Å²) in [5, 5.41) is 13.4. The minimum Gasteiger partial charge on any atom is -0.477 e. The van der Waals surface area contributed by atoms with Crippen molar-refractivity contribution in [1.29, 1.82) is 0 Å². The Bertz CT molecular complexity index is 1300. The van der Waals surface area contributed by atoms with Crippen LogP contribution in [0.4, 0.5) is 10.5 Å². The number of amides is 3. The van der Waals surface area contributed by atoms with Crippen molar-refractivity contribution in [2.24, 2.45) is 5.73 Å². The summed E-state index contributed by atoms with van der Waals surface area (Å²) in [5.41, 5.74) is 7.36. The number of nitrogens with two attached hydrogens (primary N) is 1. The number of benzene rings is 2. The number of carboxylic acid groups (broad SMARTS) is 1. The van der Waals surface area contributed by atoms with Gasteiger partial charge in [-0.2, -0.15) is 0 Å². The molecule has 2 aromatic carbocycles. The number of nitrogens with one attached hydrogen (secondary N) is 2. The summed E-state index contributed by atoms with van der Waals surface area (Å²) in [6, 6.07) is 9.79. The maximum Gasteiger partial charge on any atom is 0.352 e. The molecule has 1 aliphatic rings. The third-order valence-corrected chi connectivity index (χ3v) is 5.87. The Kier molecular flexibility index (Phi) is 6.31. The molecule has 1 aromatic heterocycles. The molecule has 33 heavy (non-hydrogen) atoms. The Morgan fingerprint density at radius 2 is 1.94 bits per heavy atom. The lowest BCUT2D eigenvalue weighted by molar-refractivity contribution is -0.111. The first-order valence-electron chi connectivity index (χ1n) is 10.1. The number of hydrogen-bond donors (Lipinski definition) is 4. The second-order valence-corrected chi connectivity index (χ2v) is 8.55. The van der Waals surface area contributed by atoms with Gasteiger partial charge >= 0.3 is 12.0 Å². The molecule has 0 saturated heterocycles. The fourth-order valence-corrected chi connectivity index (χ4v) is 4.27. The van der Waals surface area contributed by atoms with E-state index in [1.54, 1.807) is 23.1 Å². The molecule has 1 fully saturated rings. The van der Waals surface area contributed by atoms with Gasteiger partial charge in [-0.05, 0) is 42.7 Å². The van der Waals surface area contributed by atoms with Gasteiger partial charge < -0.3 is 26.0 Å². The lowest BCUT2D eigenvalue weighted by atomic mass is 10.1. The minimum absolute atomic E-state index is 0.111. The van der Waals surface area contributed by atoms with Crippen molar-refractivity contribution in [3.05, 3.63) is 69.3 Å². The lowest BCUT2D eigenvalue weighted by Crippen LogP contribution is -2.37. The lowest BCUT2D eigenvalue weighted by Gasteiger charge is -2.21. The minimum atomic E-state index is -1.20. The van der Waals surface area contributed by atoms with Crippen LogP contribution >= 0.6 is 23.2 Å². The Balaban J connectivity index is 1.59. The van der Waals surface area contributed by atoms with Crippen LogP contribution in [0.15, 0.2) is 42.5 Å². The standard InChI is InChI=1S/C23H20Cl2N4O4/c24-13-9-16(25)20-15(21(22(31)32)28-18(20)10-13)7-8-19(30)27-17-4-2-1-3-12(17)11-29(23(26)33)14-5-6-14/h1-4,7-10,14,28H,5-6,11H2,(H2,26,33)(H,27,30)(H,31,32)/b8-7+. The summed E-state index contributed by atoms with van der Waals surface area (Å²) < 4.78 is 0. The average molecular weight is 487 g/mol. The number of urea groups is 1. The van der Waals surface area contributed by atoms with E-state index in [0.29, 0.717) is 21.6 Å². The maximum atomic E-state index is 12.7. The van der Waals surface area contributed by atoms with Crippen LogP contribution in [0.5, 0.6) is 0 Å². The van der Waals surface area contributed by atoms with Crippen molar-refractivity contribution < 1.29 is 19.5 Å². The van der Waals surface area contributed by atoms with Crippen LogP contribution in [0.1, 0.15) is 34.5 Å². The average Bonchev–Trinajstić information content (AvgIpc) is 3.51. The fraction of sp³-hybridized carbons (Fsp3) is 0.174. The molecule has 3 amide bonds. The predicted octanol–water partition coefficient (Wildman–Crippen LogP) is 4.87. The first-order chi connectivity index (χ1) is 15.7. The summed E-state index contributed by atoms with van der Waals surface area (Å²) in [6.45, 7) is 0.280. The normalized spacial score (nSPS) is 13.4. The highest BCUT2D eigenvalue weighted by atomic mass is 35.5. The molecule has 1 aliphatic carbocycles. The molecule has 4 rings (SSSR count). The van der Waals surface area contributed by atoms with Crippen LogP contribution in [0.25, 0.3) is 17.0 Å². The number of carbonyl (C=O) groups excluding carboxylic acids is 2. The molecule has 8 nitrogen and oxygen atoms in total. The molecular weight excluding hydrogens is 467 g/mol. The van der Waals surface area contributed by atoms with E-state index in [-0.39, 0.29) is 28.9 Å². The number of primary amides is 1. The fourth-order valence-electron chi connectivity index (χ4n) is 3.68. The maximum absolute atomic E-state index is 12.7. The van der Waals surface area contributed by atoms with Crippen LogP contribution < -0.4 is 11.1 Å². The van der Waals surface area contributed by atoms with Gasteiger partial charge in [-0.15, -0.1) is 0 Å². The molecule has 0 atom stereocenters. The van der Waals surface area contributed by atoms with Gasteiger partial charge in [-0.25, -0.2) is 9.59 Å². The Morgan fingerprint density at radius 3 is 2.61 bits per heavy atom. The number of aromatic carboxylic acids is 1. The molecule has 5 N–H and O–H groups in total. The van der Waals surface area contributed by atoms with Gasteiger partial charge in [0.15, 0.2) is 0 Å². The largest absolute Gasteiger partial charge is 0.477 e. The zero-order chi connectivity index (χ0) is 23.7. The van der Waals surface area contributed by atoms with E-state index < -0.39 is 17.9 Å². The van der Waals surface area contributed by atoms with Crippen molar-refractivity contribution in [3.8, 4) is 0 Å². The number of para-hydroxylation sites is 1. The first kappa shape index (κ1) is 22.7. The third-order valence-electron chi connectivity index (χ3n) is 5.36. The monoisotopic (exact) mass is 486 g/mol. The Hall–Kier alpha value is -3.49. The van der Waals surface area contributed by atoms with E-state index in [1.807, 2.05) is 12.1 Å². The zero-order valence-corrected chi connectivity index (χ0v) is 18.8. The van der Waals surface area contributed by atoms with E-state index >= 15 is 0 Å². The number of hydrogen-bond acceptors (Lipinski definition) is 3. The zero-order valence-electron chi connectivity index (χ0n) is 17.3. The molecule has 3 aromatic rings. The molecule has 0 bridgehead atoms. The highest BCUT2D eigenvalue weighted by Gasteiger charge is 2.31. The second-order valence-electron chi connectivity index (χ2n) is 7.71. The number of nitrogens with zero attached hydrogens (tertiary/aromatic N) is 1. The van der Waals surface area contributed by atoms with E-state index in [1.165, 1.54) is 18.2 Å². The van der Waals surface area contributed by atoms with Gasteiger partial charge in [0.25, 0.3) is 0 Å². The Morgan fingerprint density at radius 1 is 1.21 bits per heavy atom. The van der Waals surface area contributed by atoms with Gasteiger partial charge in [0.2, 0.25) is 5.91 Å². The molecule has 0 spiro atoms. The van der Waals surface area contributed by atoms with Gasteiger partial charge in [-0.1, -0.05) is 41.4 Å². The van der Waals surface area contributed by atoms with Gasteiger partial charge in [0, 0.05) is 45.8 Å². The topological polar surface area (TPSA) is 129 Å². The summed E-state index contributed by atoms with van der Waals surface area (Å²) >= 11 is 12.3. The number of fused-ring (bicyclic) bond motifs is 1. The van der Waals surface area contributed by atoms with Crippen molar-refractivity contribution in [1.82, 2.24) is 9.88 Å². The molecule has 10 heteroatoms. The number of aromatic nitrogens is 1. The van der Waals surface area contributed by atoms with E-state index in [2.05, 4.69) is 10.3 Å². The summed E-state index contributed by atoms with van der Waals surface area (Å²) in [4.78, 5) is 40.5. The number of H-pyrrole nitrogens is 1. The third kappa shape index (κ3) is 4.97. The predicted molar refractivity (Wildman–Crippen MR) is 128 cm³/mol. The molecule has 0 radical (unpaired) electrons. The van der Waals surface area contributed by atoms with Crippen molar-refractivity contribution in [2.75, 3.05) is 5.32 Å². The highest BCUT2D eigenvalue weighted by Crippen LogP contribution is 2.33. The first-order valence-corrected chi connectivity index (χ1v) is 10.9.